The molecule has 1 aliphatic carbocycles. The number of ether oxygens (including phenoxy) is 1. The molecule has 0 radical (unpaired) electrons. The van der Waals surface area contributed by atoms with E-state index in [1.165, 1.54) is 12.5 Å². The highest BCUT2D eigenvalue weighted by molar-refractivity contribution is 5.73. The Balaban J connectivity index is 1.75. The molecule has 1 heterocycles. The van der Waals surface area contributed by atoms with Gasteiger partial charge in [-0.3, -0.25) is 4.79 Å². The van der Waals surface area contributed by atoms with Gasteiger partial charge in [0.1, 0.15) is 6.04 Å². The van der Waals surface area contributed by atoms with Gasteiger partial charge in [-0.1, -0.05) is 30.3 Å². The van der Waals surface area contributed by atoms with Crippen LogP contribution in [0.4, 0.5) is 0 Å². The summed E-state index contributed by atoms with van der Waals surface area (Å²) >= 11 is 0. The Morgan fingerprint density at radius 2 is 1.95 bits per heavy atom. The number of hydrogen-bond donors (Lipinski definition) is 3. The molecule has 1 saturated heterocycles. The minimum absolute atomic E-state index is 0.0702. The first-order chi connectivity index (χ1) is 10.6. The van der Waals surface area contributed by atoms with E-state index < -0.39 is 18.4 Å². The van der Waals surface area contributed by atoms with Gasteiger partial charge in [0, 0.05) is 12.8 Å². The molecule has 2 fully saturated rings. The summed E-state index contributed by atoms with van der Waals surface area (Å²) in [5.41, 5.74) is 1.27. The molecule has 3 N–H and O–H groups in total. The van der Waals surface area contributed by atoms with Crippen molar-refractivity contribution in [1.82, 2.24) is 5.32 Å². The Kier molecular flexibility index (Phi) is 4.47. The molecule has 0 aromatic heterocycles. The number of nitrogens with one attached hydrogen (secondary N) is 1. The van der Waals surface area contributed by atoms with Gasteiger partial charge in [0.25, 0.3) is 0 Å². The minimum atomic E-state index is -1.14. The molecule has 22 heavy (non-hydrogen) atoms. The topological polar surface area (TPSA) is 78.8 Å². The molecule has 1 aliphatic heterocycles. The number of rotatable bonds is 2. The molecule has 5 heteroatoms. The van der Waals surface area contributed by atoms with E-state index in [1.807, 2.05) is 18.2 Å². The van der Waals surface area contributed by atoms with E-state index in [2.05, 4.69) is 17.4 Å². The molecule has 6 atom stereocenters. The SMILES string of the molecule is CC(=O)N[C@H]1[C@@H](O)[C@@H]2C[C@H](c3ccccc3)CC[C@@H]2O[C@@H]1O. The van der Waals surface area contributed by atoms with Crippen LogP contribution >= 0.6 is 0 Å². The molecule has 2 aliphatic rings. The van der Waals surface area contributed by atoms with Crippen molar-refractivity contribution in [3.05, 3.63) is 35.9 Å². The molecular formula is C17H23NO4. The van der Waals surface area contributed by atoms with Crippen LogP contribution in [0.2, 0.25) is 0 Å². The van der Waals surface area contributed by atoms with Crippen LogP contribution in [0, 0.1) is 5.92 Å². The second-order valence-corrected chi connectivity index (χ2v) is 6.37. The molecule has 0 unspecified atom stereocenters. The van der Waals surface area contributed by atoms with E-state index in [1.54, 1.807) is 0 Å². The van der Waals surface area contributed by atoms with Gasteiger partial charge in [0.05, 0.1) is 12.2 Å². The van der Waals surface area contributed by atoms with E-state index in [4.69, 9.17) is 4.74 Å². The lowest BCUT2D eigenvalue weighted by atomic mass is 9.71. The molecule has 1 aromatic carbocycles. The third-order valence-electron chi connectivity index (χ3n) is 4.90. The van der Waals surface area contributed by atoms with Gasteiger partial charge >= 0.3 is 0 Å². The lowest BCUT2D eigenvalue weighted by Crippen LogP contribution is -2.61. The molecule has 3 rings (SSSR count). The summed E-state index contributed by atoms with van der Waals surface area (Å²) in [5.74, 6) is 0.0358. The molecule has 1 amide bonds. The van der Waals surface area contributed by atoms with Crippen LogP contribution in [0.5, 0.6) is 0 Å². The first-order valence-electron chi connectivity index (χ1n) is 7.90. The zero-order valence-corrected chi connectivity index (χ0v) is 12.7. The van der Waals surface area contributed by atoms with E-state index in [0.717, 1.165) is 19.3 Å². The number of hydrogen-bond acceptors (Lipinski definition) is 4. The van der Waals surface area contributed by atoms with Gasteiger partial charge in [-0.15, -0.1) is 0 Å². The van der Waals surface area contributed by atoms with Crippen molar-refractivity contribution in [3.63, 3.8) is 0 Å². The first kappa shape index (κ1) is 15.5. The van der Waals surface area contributed by atoms with Crippen molar-refractivity contribution in [1.29, 1.82) is 0 Å². The molecule has 5 nitrogen and oxygen atoms in total. The van der Waals surface area contributed by atoms with Gasteiger partial charge in [-0.05, 0) is 30.7 Å². The Morgan fingerprint density at radius 1 is 1.23 bits per heavy atom. The molecular weight excluding hydrogens is 282 g/mol. The maximum atomic E-state index is 11.3. The highest BCUT2D eigenvalue weighted by atomic mass is 16.6. The number of benzene rings is 1. The summed E-state index contributed by atoms with van der Waals surface area (Å²) in [6, 6.07) is 9.52. The van der Waals surface area contributed by atoms with Crippen molar-refractivity contribution < 1.29 is 19.7 Å². The first-order valence-corrected chi connectivity index (χ1v) is 7.90. The van der Waals surface area contributed by atoms with Crippen LogP contribution in [-0.4, -0.2) is 40.7 Å². The van der Waals surface area contributed by atoms with Gasteiger partial charge in [-0.25, -0.2) is 0 Å². The highest BCUT2D eigenvalue weighted by Crippen LogP contribution is 2.42. The smallest absolute Gasteiger partial charge is 0.217 e. The van der Waals surface area contributed by atoms with E-state index in [0.29, 0.717) is 5.92 Å². The number of fused-ring (bicyclic) bond motifs is 1. The van der Waals surface area contributed by atoms with E-state index in [9.17, 15) is 15.0 Å². The lowest BCUT2D eigenvalue weighted by molar-refractivity contribution is -0.239. The van der Waals surface area contributed by atoms with Crippen molar-refractivity contribution in [2.24, 2.45) is 5.92 Å². The van der Waals surface area contributed by atoms with Crippen LogP contribution < -0.4 is 5.32 Å². The standard InChI is InChI=1S/C17H23NO4/c1-10(19)18-15-16(20)13-9-12(11-5-3-2-4-6-11)7-8-14(13)22-17(15)21/h2-6,12-17,20-21H,7-9H2,1H3,(H,18,19)/t12-,13-,14+,15+,16+,17+/m1/s1. The molecule has 120 valence electrons. The van der Waals surface area contributed by atoms with Crippen LogP contribution in [0.1, 0.15) is 37.7 Å². The number of carbonyl (C=O) groups excluding carboxylic acids is 1. The lowest BCUT2D eigenvalue weighted by Gasteiger charge is -2.47. The Labute approximate surface area is 130 Å². The number of aliphatic hydroxyl groups is 2. The fourth-order valence-electron chi connectivity index (χ4n) is 3.82. The third-order valence-corrected chi connectivity index (χ3v) is 4.90. The van der Waals surface area contributed by atoms with Gasteiger partial charge < -0.3 is 20.3 Å². The molecule has 0 spiro atoms. The largest absolute Gasteiger partial charge is 0.390 e. The second-order valence-electron chi connectivity index (χ2n) is 6.37. The fourth-order valence-corrected chi connectivity index (χ4v) is 3.82. The van der Waals surface area contributed by atoms with Crippen molar-refractivity contribution in [3.8, 4) is 0 Å². The van der Waals surface area contributed by atoms with Crippen molar-refractivity contribution >= 4 is 5.91 Å². The molecule has 1 aromatic rings. The quantitative estimate of drug-likeness (QED) is 0.766. The van der Waals surface area contributed by atoms with Gasteiger partial charge in [-0.2, -0.15) is 0 Å². The van der Waals surface area contributed by atoms with Crippen molar-refractivity contribution in [2.75, 3.05) is 0 Å². The fraction of sp³-hybridized carbons (Fsp3) is 0.588. The predicted octanol–water partition coefficient (Wildman–Crippen LogP) is 1.15. The zero-order valence-electron chi connectivity index (χ0n) is 12.7. The summed E-state index contributed by atoms with van der Waals surface area (Å²) in [6.45, 7) is 1.37. The van der Waals surface area contributed by atoms with Crippen LogP contribution in [-0.2, 0) is 9.53 Å². The normalized spacial score (nSPS) is 38.1. The van der Waals surface area contributed by atoms with Crippen LogP contribution in [0.25, 0.3) is 0 Å². The number of carbonyl (C=O) groups is 1. The predicted molar refractivity (Wildman–Crippen MR) is 81.0 cm³/mol. The Bertz CT molecular complexity index is 521. The maximum absolute atomic E-state index is 11.3. The minimum Gasteiger partial charge on any atom is -0.390 e. The Morgan fingerprint density at radius 3 is 2.64 bits per heavy atom. The van der Waals surface area contributed by atoms with Crippen LogP contribution in [0.15, 0.2) is 30.3 Å². The third kappa shape index (κ3) is 3.02. The average Bonchev–Trinajstić information content (AvgIpc) is 2.52. The second kappa shape index (κ2) is 6.36. The number of amides is 1. The maximum Gasteiger partial charge on any atom is 0.217 e. The summed E-state index contributed by atoms with van der Waals surface area (Å²) < 4.78 is 5.64. The summed E-state index contributed by atoms with van der Waals surface area (Å²) in [4.78, 5) is 11.3. The highest BCUT2D eigenvalue weighted by Gasteiger charge is 2.47. The van der Waals surface area contributed by atoms with Gasteiger partial charge in [0.15, 0.2) is 6.29 Å². The summed E-state index contributed by atoms with van der Waals surface area (Å²) in [7, 11) is 0. The van der Waals surface area contributed by atoms with Crippen LogP contribution in [0.3, 0.4) is 0 Å². The number of aliphatic hydroxyl groups excluding tert-OH is 2. The van der Waals surface area contributed by atoms with E-state index in [-0.39, 0.29) is 17.9 Å². The molecule has 0 bridgehead atoms. The van der Waals surface area contributed by atoms with E-state index >= 15 is 0 Å². The zero-order chi connectivity index (χ0) is 15.7. The summed E-state index contributed by atoms with van der Waals surface area (Å²) in [5, 5.41) is 23.2. The summed E-state index contributed by atoms with van der Waals surface area (Å²) in [6.07, 6.45) is 0.520. The Hall–Kier alpha value is -1.43. The average molecular weight is 305 g/mol. The molecule has 1 saturated carbocycles. The van der Waals surface area contributed by atoms with Gasteiger partial charge in [0.2, 0.25) is 5.91 Å². The monoisotopic (exact) mass is 305 g/mol. The van der Waals surface area contributed by atoms with Crippen molar-refractivity contribution in [2.45, 2.75) is 56.6 Å².